The standard InChI is InChI=1S/C10H17NO5/c1-2-15-10(14)8(11-6-12)9(13)7-4-3-5-16-7/h6-9,13H,2-5H2,1H3,(H,11,12). The Morgan fingerprint density at radius 1 is 1.75 bits per heavy atom. The van der Waals surface area contributed by atoms with Gasteiger partial charge in [0.2, 0.25) is 6.41 Å². The summed E-state index contributed by atoms with van der Waals surface area (Å²) in [7, 11) is 0. The van der Waals surface area contributed by atoms with Crippen molar-refractivity contribution in [3.05, 3.63) is 0 Å². The second-order valence-corrected chi connectivity index (χ2v) is 3.56. The van der Waals surface area contributed by atoms with E-state index >= 15 is 0 Å². The Hall–Kier alpha value is -1.14. The zero-order valence-corrected chi connectivity index (χ0v) is 9.22. The Morgan fingerprint density at radius 2 is 2.50 bits per heavy atom. The number of aliphatic hydroxyl groups excluding tert-OH is 1. The molecule has 2 N–H and O–H groups in total. The van der Waals surface area contributed by atoms with E-state index in [1.54, 1.807) is 6.92 Å². The molecule has 1 fully saturated rings. The number of carbonyl (C=O) groups is 2. The molecular weight excluding hydrogens is 214 g/mol. The summed E-state index contributed by atoms with van der Waals surface area (Å²) in [5.41, 5.74) is 0. The first-order valence-corrected chi connectivity index (χ1v) is 5.36. The summed E-state index contributed by atoms with van der Waals surface area (Å²) >= 11 is 0. The summed E-state index contributed by atoms with van der Waals surface area (Å²) in [4.78, 5) is 21.8. The Morgan fingerprint density at radius 3 is 3.00 bits per heavy atom. The van der Waals surface area contributed by atoms with Gasteiger partial charge in [-0.25, -0.2) is 4.79 Å². The fourth-order valence-corrected chi connectivity index (χ4v) is 1.70. The van der Waals surface area contributed by atoms with Crippen LogP contribution in [0.2, 0.25) is 0 Å². The van der Waals surface area contributed by atoms with Crippen LogP contribution >= 0.6 is 0 Å². The Bertz CT molecular complexity index is 239. The van der Waals surface area contributed by atoms with E-state index in [9.17, 15) is 14.7 Å². The van der Waals surface area contributed by atoms with Crippen LogP contribution in [0.3, 0.4) is 0 Å². The number of esters is 1. The lowest BCUT2D eigenvalue weighted by molar-refractivity contribution is -0.152. The van der Waals surface area contributed by atoms with Crippen molar-refractivity contribution in [2.75, 3.05) is 13.2 Å². The molecule has 1 saturated heterocycles. The van der Waals surface area contributed by atoms with Crippen molar-refractivity contribution < 1.29 is 24.2 Å². The third kappa shape index (κ3) is 3.18. The van der Waals surface area contributed by atoms with Crippen LogP contribution in [0.15, 0.2) is 0 Å². The number of ether oxygens (including phenoxy) is 2. The van der Waals surface area contributed by atoms with Crippen molar-refractivity contribution in [3.63, 3.8) is 0 Å². The van der Waals surface area contributed by atoms with E-state index in [-0.39, 0.29) is 6.61 Å². The lowest BCUT2D eigenvalue weighted by Crippen LogP contribution is -2.51. The number of hydrogen-bond acceptors (Lipinski definition) is 5. The van der Waals surface area contributed by atoms with Crippen LogP contribution in [0.25, 0.3) is 0 Å². The second kappa shape index (κ2) is 6.44. The fourth-order valence-electron chi connectivity index (χ4n) is 1.70. The topological polar surface area (TPSA) is 84.9 Å². The van der Waals surface area contributed by atoms with Crippen LogP contribution < -0.4 is 5.32 Å². The van der Waals surface area contributed by atoms with Crippen LogP contribution in [-0.2, 0) is 19.1 Å². The van der Waals surface area contributed by atoms with Gasteiger partial charge in [0.25, 0.3) is 0 Å². The maximum absolute atomic E-state index is 11.5. The average Bonchev–Trinajstić information content (AvgIpc) is 2.78. The molecule has 0 radical (unpaired) electrons. The fraction of sp³-hybridized carbons (Fsp3) is 0.800. The minimum atomic E-state index is -1.06. The number of rotatable bonds is 6. The predicted molar refractivity (Wildman–Crippen MR) is 54.6 cm³/mol. The van der Waals surface area contributed by atoms with Gasteiger partial charge < -0.3 is 19.9 Å². The predicted octanol–water partition coefficient (Wildman–Crippen LogP) is -0.796. The molecule has 1 heterocycles. The van der Waals surface area contributed by atoms with Gasteiger partial charge in [-0.3, -0.25) is 4.79 Å². The Kier molecular flexibility index (Phi) is 5.21. The Balaban J connectivity index is 2.59. The molecule has 6 nitrogen and oxygen atoms in total. The van der Waals surface area contributed by atoms with E-state index in [0.717, 1.165) is 6.42 Å². The molecule has 0 aliphatic carbocycles. The van der Waals surface area contributed by atoms with Gasteiger partial charge in [-0.05, 0) is 19.8 Å². The zero-order chi connectivity index (χ0) is 12.0. The summed E-state index contributed by atoms with van der Waals surface area (Å²) in [6, 6.07) is -1.06. The molecule has 3 unspecified atom stereocenters. The van der Waals surface area contributed by atoms with Crippen molar-refractivity contribution in [1.82, 2.24) is 5.32 Å². The first-order chi connectivity index (χ1) is 7.70. The average molecular weight is 231 g/mol. The third-order valence-corrected chi connectivity index (χ3v) is 2.48. The maximum Gasteiger partial charge on any atom is 0.331 e. The highest BCUT2D eigenvalue weighted by molar-refractivity contribution is 5.79. The minimum Gasteiger partial charge on any atom is -0.464 e. The number of nitrogens with one attached hydrogen (secondary N) is 1. The highest BCUT2D eigenvalue weighted by Gasteiger charge is 2.35. The van der Waals surface area contributed by atoms with Gasteiger partial charge in [0, 0.05) is 6.61 Å². The zero-order valence-electron chi connectivity index (χ0n) is 9.22. The molecule has 1 amide bonds. The van der Waals surface area contributed by atoms with Gasteiger partial charge >= 0.3 is 5.97 Å². The molecule has 3 atom stereocenters. The highest BCUT2D eigenvalue weighted by Crippen LogP contribution is 2.18. The lowest BCUT2D eigenvalue weighted by Gasteiger charge is -2.24. The van der Waals surface area contributed by atoms with Crippen molar-refractivity contribution in [1.29, 1.82) is 0 Å². The van der Waals surface area contributed by atoms with E-state index in [4.69, 9.17) is 9.47 Å². The SMILES string of the molecule is CCOC(=O)C(NC=O)C(O)C1CCCO1. The monoisotopic (exact) mass is 231 g/mol. The molecule has 16 heavy (non-hydrogen) atoms. The largest absolute Gasteiger partial charge is 0.464 e. The molecule has 1 aliphatic rings. The van der Waals surface area contributed by atoms with Crippen LogP contribution in [-0.4, -0.2) is 48.9 Å². The van der Waals surface area contributed by atoms with Crippen LogP contribution in [0.5, 0.6) is 0 Å². The number of hydrogen-bond donors (Lipinski definition) is 2. The highest BCUT2D eigenvalue weighted by atomic mass is 16.5. The van der Waals surface area contributed by atoms with Crippen molar-refractivity contribution in [2.24, 2.45) is 0 Å². The van der Waals surface area contributed by atoms with E-state index in [2.05, 4.69) is 5.32 Å². The smallest absolute Gasteiger partial charge is 0.331 e. The first kappa shape index (κ1) is 12.9. The van der Waals surface area contributed by atoms with Crippen LogP contribution in [0, 0.1) is 0 Å². The van der Waals surface area contributed by atoms with E-state index in [1.807, 2.05) is 0 Å². The van der Waals surface area contributed by atoms with Gasteiger partial charge in [0.05, 0.1) is 12.7 Å². The van der Waals surface area contributed by atoms with Gasteiger partial charge in [0.15, 0.2) is 6.04 Å². The molecular formula is C10H17NO5. The summed E-state index contributed by atoms with van der Waals surface area (Å²) in [6.07, 6.45) is 0.420. The molecule has 0 aromatic carbocycles. The number of carbonyl (C=O) groups excluding carboxylic acids is 2. The van der Waals surface area contributed by atoms with E-state index < -0.39 is 24.2 Å². The van der Waals surface area contributed by atoms with Gasteiger partial charge in [-0.1, -0.05) is 0 Å². The maximum atomic E-state index is 11.5. The number of amides is 1. The first-order valence-electron chi connectivity index (χ1n) is 5.36. The third-order valence-electron chi connectivity index (χ3n) is 2.48. The van der Waals surface area contributed by atoms with Crippen molar-refractivity contribution in [3.8, 4) is 0 Å². The summed E-state index contributed by atoms with van der Waals surface area (Å²) < 4.78 is 10.0. The van der Waals surface area contributed by atoms with Crippen LogP contribution in [0.1, 0.15) is 19.8 Å². The van der Waals surface area contributed by atoms with Crippen molar-refractivity contribution >= 4 is 12.4 Å². The van der Waals surface area contributed by atoms with Gasteiger partial charge in [-0.15, -0.1) is 0 Å². The number of aliphatic hydroxyl groups is 1. The summed E-state index contributed by atoms with van der Waals surface area (Å²) in [6.45, 7) is 2.43. The molecule has 0 aromatic heterocycles. The second-order valence-electron chi connectivity index (χ2n) is 3.56. The molecule has 0 aromatic rings. The molecule has 6 heteroatoms. The molecule has 1 aliphatic heterocycles. The summed E-state index contributed by atoms with van der Waals surface area (Å²) in [5.74, 6) is -0.641. The quantitative estimate of drug-likeness (QED) is 0.462. The van der Waals surface area contributed by atoms with Gasteiger partial charge in [0.1, 0.15) is 6.10 Å². The van der Waals surface area contributed by atoms with Crippen LogP contribution in [0.4, 0.5) is 0 Å². The lowest BCUT2D eigenvalue weighted by atomic mass is 10.0. The minimum absolute atomic E-state index is 0.202. The van der Waals surface area contributed by atoms with Gasteiger partial charge in [-0.2, -0.15) is 0 Å². The van der Waals surface area contributed by atoms with E-state index in [0.29, 0.717) is 19.4 Å². The molecule has 0 spiro atoms. The summed E-state index contributed by atoms with van der Waals surface area (Å²) in [5, 5.41) is 12.1. The molecule has 0 saturated carbocycles. The Labute approximate surface area is 93.9 Å². The van der Waals surface area contributed by atoms with Crippen molar-refractivity contribution in [2.45, 2.75) is 38.0 Å². The van der Waals surface area contributed by atoms with E-state index in [1.165, 1.54) is 0 Å². The molecule has 92 valence electrons. The normalized spacial score (nSPS) is 23.5. The molecule has 1 rings (SSSR count). The molecule has 0 bridgehead atoms.